The Labute approximate surface area is 160 Å². The van der Waals surface area contributed by atoms with Gasteiger partial charge in [0.1, 0.15) is 11.6 Å². The molecule has 3 heterocycles. The van der Waals surface area contributed by atoms with Gasteiger partial charge in [0.2, 0.25) is 5.91 Å². The lowest BCUT2D eigenvalue weighted by Gasteiger charge is -2.35. The van der Waals surface area contributed by atoms with E-state index in [2.05, 4.69) is 45.8 Å². The van der Waals surface area contributed by atoms with Crippen LogP contribution in [0.15, 0.2) is 0 Å². The number of piperidine rings is 1. The van der Waals surface area contributed by atoms with E-state index < -0.39 is 0 Å². The number of aromatic nitrogens is 3. The average molecular weight is 388 g/mol. The van der Waals surface area contributed by atoms with Crippen LogP contribution < -0.4 is 5.32 Å². The van der Waals surface area contributed by atoms with Gasteiger partial charge >= 0.3 is 0 Å². The number of fused-ring (bicyclic) bond motifs is 1. The standard InChI is InChI=1S/C17H29N5OS.ClH/c1-4-24-15(12(2)3)17(23)21-8-5-13(6-9-21)16-20-19-14-11-18-7-10-22(14)16;/h12-13,15,18H,4-11H2,1-3H3;1H. The Bertz CT molecular complexity index is 571. The zero-order valence-electron chi connectivity index (χ0n) is 15.4. The van der Waals surface area contributed by atoms with E-state index >= 15 is 0 Å². The molecule has 2 aliphatic rings. The highest BCUT2D eigenvalue weighted by Crippen LogP contribution is 2.30. The van der Waals surface area contributed by atoms with Crippen molar-refractivity contribution in [3.05, 3.63) is 11.6 Å². The van der Waals surface area contributed by atoms with Crippen LogP contribution in [0.2, 0.25) is 0 Å². The van der Waals surface area contributed by atoms with Crippen LogP contribution in [0, 0.1) is 5.92 Å². The second-order valence-corrected chi connectivity index (χ2v) is 8.44. The van der Waals surface area contributed by atoms with Crippen LogP contribution in [0.4, 0.5) is 0 Å². The number of thioether (sulfide) groups is 1. The molecule has 0 radical (unpaired) electrons. The Morgan fingerprint density at radius 3 is 2.64 bits per heavy atom. The largest absolute Gasteiger partial charge is 0.342 e. The maximum atomic E-state index is 12.8. The summed E-state index contributed by atoms with van der Waals surface area (Å²) in [5.74, 6) is 4.31. The lowest BCUT2D eigenvalue weighted by atomic mass is 9.95. The minimum atomic E-state index is 0. The van der Waals surface area contributed by atoms with Gasteiger partial charge in [0.25, 0.3) is 0 Å². The molecular formula is C17H30ClN5OS. The van der Waals surface area contributed by atoms with Crippen molar-refractivity contribution in [2.24, 2.45) is 5.92 Å². The lowest BCUT2D eigenvalue weighted by molar-refractivity contribution is -0.132. The fourth-order valence-corrected chi connectivity index (χ4v) is 4.72. The van der Waals surface area contributed by atoms with Crippen molar-refractivity contribution in [2.75, 3.05) is 25.4 Å². The maximum absolute atomic E-state index is 12.8. The van der Waals surface area contributed by atoms with E-state index in [9.17, 15) is 4.79 Å². The van der Waals surface area contributed by atoms with E-state index in [1.165, 1.54) is 0 Å². The van der Waals surface area contributed by atoms with Gasteiger partial charge in [0, 0.05) is 32.1 Å². The maximum Gasteiger partial charge on any atom is 0.235 e. The number of halogens is 1. The van der Waals surface area contributed by atoms with Crippen LogP contribution in [-0.2, 0) is 17.9 Å². The van der Waals surface area contributed by atoms with E-state index in [0.717, 1.165) is 63.0 Å². The predicted octanol–water partition coefficient (Wildman–Crippen LogP) is 2.29. The molecule has 0 aliphatic carbocycles. The number of hydrogen-bond donors (Lipinski definition) is 1. The van der Waals surface area contributed by atoms with Crippen molar-refractivity contribution in [1.29, 1.82) is 0 Å². The summed E-state index contributed by atoms with van der Waals surface area (Å²) in [4.78, 5) is 14.9. The van der Waals surface area contributed by atoms with Gasteiger partial charge in [-0.1, -0.05) is 20.8 Å². The molecule has 25 heavy (non-hydrogen) atoms. The normalized spacial score (nSPS) is 19.4. The molecule has 1 unspecified atom stereocenters. The number of amides is 1. The first-order chi connectivity index (χ1) is 11.6. The second kappa shape index (κ2) is 9.24. The van der Waals surface area contributed by atoms with Gasteiger partial charge < -0.3 is 14.8 Å². The van der Waals surface area contributed by atoms with Gasteiger partial charge in [-0.05, 0) is 24.5 Å². The molecule has 1 aromatic heterocycles. The molecule has 3 rings (SSSR count). The monoisotopic (exact) mass is 387 g/mol. The quantitative estimate of drug-likeness (QED) is 0.839. The lowest BCUT2D eigenvalue weighted by Crippen LogP contribution is -2.44. The van der Waals surface area contributed by atoms with Gasteiger partial charge in [0.05, 0.1) is 11.8 Å². The third-order valence-electron chi connectivity index (χ3n) is 5.02. The van der Waals surface area contributed by atoms with Crippen molar-refractivity contribution in [3.63, 3.8) is 0 Å². The summed E-state index contributed by atoms with van der Waals surface area (Å²) < 4.78 is 2.28. The molecule has 1 atom stereocenters. The molecule has 0 saturated carbocycles. The number of carbonyl (C=O) groups is 1. The zero-order valence-corrected chi connectivity index (χ0v) is 17.0. The van der Waals surface area contributed by atoms with E-state index in [4.69, 9.17) is 0 Å². The van der Waals surface area contributed by atoms with Gasteiger partial charge in [-0.25, -0.2) is 0 Å². The Hall–Kier alpha value is -0.790. The van der Waals surface area contributed by atoms with Crippen molar-refractivity contribution in [1.82, 2.24) is 25.0 Å². The highest BCUT2D eigenvalue weighted by Gasteiger charge is 2.32. The Morgan fingerprint density at radius 1 is 1.28 bits per heavy atom. The molecule has 1 N–H and O–H groups in total. The van der Waals surface area contributed by atoms with Crippen LogP contribution in [-0.4, -0.2) is 56.2 Å². The van der Waals surface area contributed by atoms with Crippen molar-refractivity contribution >= 4 is 30.1 Å². The number of likely N-dealkylation sites (tertiary alicyclic amines) is 1. The predicted molar refractivity (Wildman–Crippen MR) is 104 cm³/mol. The zero-order chi connectivity index (χ0) is 17.1. The Kier molecular flexibility index (Phi) is 7.58. The van der Waals surface area contributed by atoms with Crippen LogP contribution in [0.25, 0.3) is 0 Å². The van der Waals surface area contributed by atoms with Gasteiger partial charge in [-0.15, -0.1) is 34.4 Å². The first-order valence-corrected chi connectivity index (χ1v) is 10.2. The first-order valence-electron chi connectivity index (χ1n) is 9.14. The summed E-state index contributed by atoms with van der Waals surface area (Å²) in [5.41, 5.74) is 0. The highest BCUT2D eigenvalue weighted by atomic mass is 35.5. The minimum Gasteiger partial charge on any atom is -0.342 e. The smallest absolute Gasteiger partial charge is 0.235 e. The summed E-state index contributed by atoms with van der Waals surface area (Å²) in [6.07, 6.45) is 2.00. The van der Waals surface area contributed by atoms with Crippen LogP contribution >= 0.6 is 24.2 Å². The van der Waals surface area contributed by atoms with Crippen LogP contribution in [0.3, 0.4) is 0 Å². The van der Waals surface area contributed by atoms with E-state index in [1.54, 1.807) is 11.8 Å². The van der Waals surface area contributed by atoms with Crippen LogP contribution in [0.5, 0.6) is 0 Å². The fraction of sp³-hybridized carbons (Fsp3) is 0.824. The molecule has 0 aromatic carbocycles. The minimum absolute atomic E-state index is 0. The molecule has 142 valence electrons. The SMILES string of the molecule is CCSC(C(=O)N1CCC(c2nnc3n2CCNC3)CC1)C(C)C.Cl. The Morgan fingerprint density at radius 2 is 2.00 bits per heavy atom. The summed E-state index contributed by atoms with van der Waals surface area (Å²) in [5, 5.41) is 12.2. The number of carbonyl (C=O) groups excluding carboxylic acids is 1. The summed E-state index contributed by atoms with van der Waals surface area (Å²) in [6.45, 7) is 10.9. The topological polar surface area (TPSA) is 63.1 Å². The van der Waals surface area contributed by atoms with Crippen LogP contribution in [0.1, 0.15) is 51.2 Å². The number of rotatable bonds is 5. The first kappa shape index (κ1) is 20.5. The molecule has 0 bridgehead atoms. The van der Waals surface area contributed by atoms with Crippen molar-refractivity contribution in [2.45, 2.75) is 57.9 Å². The third kappa shape index (κ3) is 4.49. The fourth-order valence-electron chi connectivity index (χ4n) is 3.68. The molecule has 0 spiro atoms. The average Bonchev–Trinajstić information content (AvgIpc) is 3.03. The molecule has 6 nitrogen and oxygen atoms in total. The van der Waals surface area contributed by atoms with E-state index in [0.29, 0.717) is 17.7 Å². The number of nitrogens with zero attached hydrogens (tertiary/aromatic N) is 4. The number of nitrogens with one attached hydrogen (secondary N) is 1. The molecular weight excluding hydrogens is 358 g/mol. The van der Waals surface area contributed by atoms with E-state index in [-0.39, 0.29) is 17.7 Å². The summed E-state index contributed by atoms with van der Waals surface area (Å²) in [6, 6.07) is 0. The number of hydrogen-bond acceptors (Lipinski definition) is 5. The second-order valence-electron chi connectivity index (χ2n) is 7.02. The van der Waals surface area contributed by atoms with Gasteiger partial charge in [-0.2, -0.15) is 0 Å². The molecule has 8 heteroatoms. The molecule has 1 fully saturated rings. The Balaban J connectivity index is 0.00000225. The third-order valence-corrected chi connectivity index (χ3v) is 6.46. The van der Waals surface area contributed by atoms with Crippen molar-refractivity contribution < 1.29 is 4.79 Å². The molecule has 2 aliphatic heterocycles. The molecule has 1 saturated heterocycles. The van der Waals surface area contributed by atoms with E-state index in [1.807, 2.05) is 0 Å². The molecule has 1 aromatic rings. The summed E-state index contributed by atoms with van der Waals surface area (Å²) >= 11 is 1.78. The molecule has 1 amide bonds. The summed E-state index contributed by atoms with van der Waals surface area (Å²) in [7, 11) is 0. The van der Waals surface area contributed by atoms with Crippen molar-refractivity contribution in [3.8, 4) is 0 Å². The highest BCUT2D eigenvalue weighted by molar-refractivity contribution is 8.00. The van der Waals surface area contributed by atoms with Gasteiger partial charge in [-0.3, -0.25) is 4.79 Å². The van der Waals surface area contributed by atoms with Gasteiger partial charge in [0.15, 0.2) is 0 Å².